The zero-order valence-corrected chi connectivity index (χ0v) is 30.0. The molecular formula is C37H49N3O5Si. The molecule has 0 N–H and O–H groups in total. The molecule has 0 saturated heterocycles. The summed E-state index contributed by atoms with van der Waals surface area (Å²) in [5.41, 5.74) is 6.24. The second-order valence-electron chi connectivity index (χ2n) is 15.2. The van der Waals surface area contributed by atoms with Gasteiger partial charge in [-0.1, -0.05) is 20.8 Å². The SMILES string of the molecule is CN(C(=O)c1cc(-c2cc3c(cc2C=O)CN(C(=O)OC(C)(C)C)CC3)n2c1CCCC2)c1ccc(O[Si](C)(C)C(C)(C)C)cc1. The van der Waals surface area contributed by atoms with Gasteiger partial charge >= 0.3 is 6.09 Å². The van der Waals surface area contributed by atoms with Crippen LogP contribution in [0, 0.1) is 0 Å². The lowest BCUT2D eigenvalue weighted by molar-refractivity contribution is 0.0224. The van der Waals surface area contributed by atoms with Crippen molar-refractivity contribution >= 4 is 32.3 Å². The molecule has 1 aromatic heterocycles. The van der Waals surface area contributed by atoms with Gasteiger partial charge in [-0.25, -0.2) is 4.79 Å². The first-order valence-corrected chi connectivity index (χ1v) is 19.3. The first-order valence-electron chi connectivity index (χ1n) is 16.4. The van der Waals surface area contributed by atoms with Crippen molar-refractivity contribution in [2.45, 2.75) is 104 Å². The van der Waals surface area contributed by atoms with Crippen molar-refractivity contribution in [3.8, 4) is 17.0 Å². The average Bonchev–Trinajstić information content (AvgIpc) is 3.37. The number of anilines is 1. The molecule has 46 heavy (non-hydrogen) atoms. The Hall–Kier alpha value is -3.85. The Kier molecular flexibility index (Phi) is 9.03. The maximum absolute atomic E-state index is 14.1. The van der Waals surface area contributed by atoms with Crippen LogP contribution in [0.25, 0.3) is 11.3 Å². The number of hydrogen-bond acceptors (Lipinski definition) is 5. The van der Waals surface area contributed by atoms with Gasteiger partial charge in [0.25, 0.3) is 5.91 Å². The van der Waals surface area contributed by atoms with E-state index in [9.17, 15) is 14.4 Å². The summed E-state index contributed by atoms with van der Waals surface area (Å²) in [6, 6.07) is 13.7. The van der Waals surface area contributed by atoms with Gasteiger partial charge in [-0.2, -0.15) is 0 Å². The van der Waals surface area contributed by atoms with Gasteiger partial charge < -0.3 is 23.5 Å². The van der Waals surface area contributed by atoms with Crippen LogP contribution in [0.3, 0.4) is 0 Å². The molecule has 0 fully saturated rings. The Bertz CT molecular complexity index is 1640. The van der Waals surface area contributed by atoms with Crippen LogP contribution in [0.1, 0.15) is 91.9 Å². The number of amides is 2. The summed E-state index contributed by atoms with van der Waals surface area (Å²) in [5.74, 6) is 0.747. The standard InChI is InChI=1S/C37H49N3O5Si/c1-36(2,3)44-35(43)39-19-17-25-21-30(27(24-41)20-26(25)23-39)33-22-31(32-12-10-11-18-40(32)33)34(42)38(7)28-13-15-29(16-14-28)45-46(8,9)37(4,5)6/h13-16,20-22,24H,10-12,17-19,23H2,1-9H3. The monoisotopic (exact) mass is 643 g/mol. The highest BCUT2D eigenvalue weighted by Gasteiger charge is 2.39. The van der Waals surface area contributed by atoms with Crippen LogP contribution >= 0.6 is 0 Å². The van der Waals surface area contributed by atoms with E-state index in [4.69, 9.17) is 9.16 Å². The highest BCUT2D eigenvalue weighted by atomic mass is 28.4. The van der Waals surface area contributed by atoms with Crippen LogP contribution in [0.15, 0.2) is 42.5 Å². The van der Waals surface area contributed by atoms with E-state index in [1.807, 2.05) is 64.2 Å². The lowest BCUT2D eigenvalue weighted by atomic mass is 9.92. The summed E-state index contributed by atoms with van der Waals surface area (Å²) in [5, 5.41) is 0.0902. The number of aromatic nitrogens is 1. The van der Waals surface area contributed by atoms with Gasteiger partial charge in [0.1, 0.15) is 11.4 Å². The van der Waals surface area contributed by atoms with Crippen molar-refractivity contribution in [3.63, 3.8) is 0 Å². The molecule has 3 aromatic rings. The molecule has 0 bridgehead atoms. The summed E-state index contributed by atoms with van der Waals surface area (Å²) in [6.45, 7) is 18.4. The summed E-state index contributed by atoms with van der Waals surface area (Å²) in [7, 11) is -0.166. The Labute approximate surface area is 274 Å². The predicted octanol–water partition coefficient (Wildman–Crippen LogP) is 8.26. The topological polar surface area (TPSA) is 81.1 Å². The second kappa shape index (κ2) is 12.4. The zero-order valence-electron chi connectivity index (χ0n) is 29.0. The lowest BCUT2D eigenvalue weighted by Crippen LogP contribution is -2.43. The fourth-order valence-corrected chi connectivity index (χ4v) is 7.03. The van der Waals surface area contributed by atoms with Crippen LogP contribution in [-0.4, -0.2) is 55.3 Å². The maximum Gasteiger partial charge on any atom is 0.410 e. The average molecular weight is 644 g/mol. The van der Waals surface area contributed by atoms with Crippen molar-refractivity contribution in [3.05, 3.63) is 70.4 Å². The Morgan fingerprint density at radius 3 is 2.24 bits per heavy atom. The third kappa shape index (κ3) is 6.80. The van der Waals surface area contributed by atoms with E-state index >= 15 is 0 Å². The minimum atomic E-state index is -1.98. The number of hydrogen-bond donors (Lipinski definition) is 0. The molecule has 8 nitrogen and oxygen atoms in total. The van der Waals surface area contributed by atoms with Crippen molar-refractivity contribution in [2.75, 3.05) is 18.5 Å². The van der Waals surface area contributed by atoms with Gasteiger partial charge in [-0.3, -0.25) is 9.59 Å². The van der Waals surface area contributed by atoms with Crippen molar-refractivity contribution in [2.24, 2.45) is 0 Å². The van der Waals surface area contributed by atoms with E-state index in [0.29, 0.717) is 30.6 Å². The number of carbonyl (C=O) groups excluding carboxylic acids is 3. The molecular weight excluding hydrogens is 595 g/mol. The molecule has 2 aromatic carbocycles. The third-order valence-electron chi connectivity index (χ3n) is 9.63. The number of carbonyl (C=O) groups is 3. The fraction of sp³-hybridized carbons (Fsp3) is 0.486. The molecule has 3 heterocycles. The smallest absolute Gasteiger partial charge is 0.410 e. The van der Waals surface area contributed by atoms with Gasteiger partial charge in [0.15, 0.2) is 6.29 Å². The molecule has 2 amide bonds. The summed E-state index contributed by atoms with van der Waals surface area (Å²) in [6.07, 6.45) is 4.03. The van der Waals surface area contributed by atoms with Crippen molar-refractivity contribution in [1.29, 1.82) is 0 Å². The summed E-state index contributed by atoms with van der Waals surface area (Å²) >= 11 is 0. The molecule has 5 rings (SSSR count). The Morgan fingerprint density at radius 1 is 0.913 bits per heavy atom. The maximum atomic E-state index is 14.1. The van der Waals surface area contributed by atoms with E-state index in [-0.39, 0.29) is 17.0 Å². The summed E-state index contributed by atoms with van der Waals surface area (Å²) < 4.78 is 14.3. The molecule has 2 aliphatic heterocycles. The van der Waals surface area contributed by atoms with E-state index in [1.165, 1.54) is 0 Å². The minimum Gasteiger partial charge on any atom is -0.544 e. The Morgan fingerprint density at radius 2 is 1.61 bits per heavy atom. The highest BCUT2D eigenvalue weighted by Crippen LogP contribution is 2.38. The van der Waals surface area contributed by atoms with Crippen molar-refractivity contribution < 1.29 is 23.5 Å². The molecule has 9 heteroatoms. The lowest BCUT2D eigenvalue weighted by Gasteiger charge is -2.36. The number of aldehydes is 1. The van der Waals surface area contributed by atoms with Gasteiger partial charge in [0.05, 0.1) is 5.56 Å². The first-order chi connectivity index (χ1) is 21.5. The van der Waals surface area contributed by atoms with Crippen LogP contribution in [0.5, 0.6) is 5.75 Å². The van der Waals surface area contributed by atoms with Gasteiger partial charge in [-0.15, -0.1) is 0 Å². The van der Waals surface area contributed by atoms with Gasteiger partial charge in [0, 0.05) is 54.9 Å². The molecule has 0 spiro atoms. The predicted molar refractivity (Wildman–Crippen MR) is 186 cm³/mol. The van der Waals surface area contributed by atoms with Crippen LogP contribution < -0.4 is 9.33 Å². The van der Waals surface area contributed by atoms with E-state index in [1.54, 1.807) is 9.80 Å². The zero-order chi connectivity index (χ0) is 33.6. The molecule has 246 valence electrons. The molecule has 2 aliphatic rings. The normalized spacial score (nSPS) is 15.1. The number of benzene rings is 2. The number of ether oxygens (including phenoxy) is 1. The van der Waals surface area contributed by atoms with Crippen LogP contribution in [0.2, 0.25) is 18.1 Å². The van der Waals surface area contributed by atoms with Crippen LogP contribution in [0.4, 0.5) is 10.5 Å². The van der Waals surface area contributed by atoms with E-state index < -0.39 is 13.9 Å². The van der Waals surface area contributed by atoms with E-state index in [0.717, 1.165) is 71.6 Å². The first kappa shape index (κ1) is 33.5. The third-order valence-corrected chi connectivity index (χ3v) is 14.0. The number of nitrogens with zero attached hydrogens (tertiary/aromatic N) is 3. The van der Waals surface area contributed by atoms with E-state index in [2.05, 4.69) is 44.5 Å². The van der Waals surface area contributed by atoms with Crippen molar-refractivity contribution in [1.82, 2.24) is 9.47 Å². The highest BCUT2D eigenvalue weighted by molar-refractivity contribution is 6.74. The molecule has 0 atom stereocenters. The largest absolute Gasteiger partial charge is 0.544 e. The number of fused-ring (bicyclic) bond motifs is 2. The fourth-order valence-electron chi connectivity index (χ4n) is 6.00. The number of rotatable bonds is 6. The molecule has 0 saturated carbocycles. The second-order valence-corrected chi connectivity index (χ2v) is 19.9. The summed E-state index contributed by atoms with van der Waals surface area (Å²) in [4.78, 5) is 42.7. The van der Waals surface area contributed by atoms with Gasteiger partial charge in [-0.05, 0) is 118 Å². The van der Waals surface area contributed by atoms with Gasteiger partial charge in [0.2, 0.25) is 8.32 Å². The quantitative estimate of drug-likeness (QED) is 0.200. The van der Waals surface area contributed by atoms with Crippen LogP contribution in [-0.2, 0) is 30.7 Å². The molecule has 0 aliphatic carbocycles. The minimum absolute atomic E-state index is 0.0754. The molecule has 0 radical (unpaired) electrons. The molecule has 0 unspecified atom stereocenters. The Balaban J connectivity index is 1.43.